The number of fused-ring (bicyclic) bond motifs is 1. The minimum Gasteiger partial charge on any atom is -0.507 e. The zero-order valence-corrected chi connectivity index (χ0v) is 15.4. The second kappa shape index (κ2) is 7.22. The molecule has 1 amide bonds. The quantitative estimate of drug-likeness (QED) is 0.577. The number of thiazole rings is 1. The maximum absolute atomic E-state index is 12.5. The molecule has 3 N–H and O–H groups in total. The predicted molar refractivity (Wildman–Crippen MR) is 109 cm³/mol. The molecule has 6 nitrogen and oxygen atoms in total. The van der Waals surface area contributed by atoms with Crippen molar-refractivity contribution in [3.8, 4) is 5.75 Å². The molecule has 2 aromatic carbocycles. The van der Waals surface area contributed by atoms with Crippen molar-refractivity contribution in [3.63, 3.8) is 0 Å². The lowest BCUT2D eigenvalue weighted by Gasteiger charge is -2.04. The summed E-state index contributed by atoms with van der Waals surface area (Å²) in [5, 5.41) is 18.4. The summed E-state index contributed by atoms with van der Waals surface area (Å²) in [6.45, 7) is 0. The Morgan fingerprint density at radius 1 is 1.19 bits per heavy atom. The van der Waals surface area contributed by atoms with Crippen LogP contribution in [0.15, 0.2) is 53.6 Å². The van der Waals surface area contributed by atoms with E-state index in [1.807, 2.05) is 12.1 Å². The van der Waals surface area contributed by atoms with E-state index in [9.17, 15) is 9.90 Å². The van der Waals surface area contributed by atoms with E-state index in [-0.39, 0.29) is 5.75 Å². The molecule has 0 saturated heterocycles. The van der Waals surface area contributed by atoms with Crippen molar-refractivity contribution in [2.75, 3.05) is 5.32 Å². The highest BCUT2D eigenvalue weighted by Gasteiger charge is 2.23. The van der Waals surface area contributed by atoms with Gasteiger partial charge < -0.3 is 10.4 Å². The van der Waals surface area contributed by atoms with E-state index in [1.54, 1.807) is 48.7 Å². The summed E-state index contributed by atoms with van der Waals surface area (Å²) in [5.41, 5.74) is 4.58. The van der Waals surface area contributed by atoms with Gasteiger partial charge in [0.05, 0.1) is 22.4 Å². The summed E-state index contributed by atoms with van der Waals surface area (Å²) in [7, 11) is 0. The Morgan fingerprint density at radius 2 is 2.04 bits per heavy atom. The Balaban J connectivity index is 1.75. The van der Waals surface area contributed by atoms with Gasteiger partial charge in [0.2, 0.25) is 0 Å². The highest BCUT2D eigenvalue weighted by Crippen LogP contribution is 2.32. The molecule has 8 heteroatoms. The van der Waals surface area contributed by atoms with E-state index in [0.717, 1.165) is 10.6 Å². The Bertz CT molecular complexity index is 1090. The molecule has 0 fully saturated rings. The molecule has 27 heavy (non-hydrogen) atoms. The van der Waals surface area contributed by atoms with Crippen LogP contribution in [0.25, 0.3) is 11.6 Å². The SMILES string of the molecule is O=C1NN=Cc2sc(Nc3cccc(Cl)c3)nc2/C1=C\c1ccccc1O. The average Bonchev–Trinajstić information content (AvgIpc) is 2.97. The number of nitrogens with zero attached hydrogens (tertiary/aromatic N) is 2. The zero-order valence-electron chi connectivity index (χ0n) is 13.8. The highest BCUT2D eigenvalue weighted by molar-refractivity contribution is 7.17. The first-order valence-electron chi connectivity index (χ1n) is 7.97. The van der Waals surface area contributed by atoms with Crippen molar-refractivity contribution in [2.45, 2.75) is 0 Å². The maximum Gasteiger partial charge on any atom is 0.273 e. The second-order valence-corrected chi connectivity index (χ2v) is 7.15. The van der Waals surface area contributed by atoms with Crippen LogP contribution in [0.4, 0.5) is 10.8 Å². The second-order valence-electron chi connectivity index (χ2n) is 5.68. The number of hydrogen-bond donors (Lipinski definition) is 3. The first-order chi connectivity index (χ1) is 13.1. The van der Waals surface area contributed by atoms with Crippen molar-refractivity contribution in [3.05, 3.63) is 69.7 Å². The molecule has 1 aliphatic heterocycles. The molecular weight excluding hydrogens is 384 g/mol. The first kappa shape index (κ1) is 17.3. The van der Waals surface area contributed by atoms with Crippen LogP contribution in [0.1, 0.15) is 16.1 Å². The van der Waals surface area contributed by atoms with Crippen LogP contribution in [0, 0.1) is 0 Å². The van der Waals surface area contributed by atoms with Gasteiger partial charge in [0, 0.05) is 16.3 Å². The fourth-order valence-corrected chi connectivity index (χ4v) is 3.63. The number of para-hydroxylation sites is 1. The summed E-state index contributed by atoms with van der Waals surface area (Å²) in [6, 6.07) is 14.1. The van der Waals surface area contributed by atoms with Gasteiger partial charge in [0.25, 0.3) is 5.91 Å². The summed E-state index contributed by atoms with van der Waals surface area (Å²) in [4.78, 5) is 17.7. The van der Waals surface area contributed by atoms with Crippen molar-refractivity contribution in [2.24, 2.45) is 5.10 Å². The molecule has 134 valence electrons. The number of amides is 1. The number of phenolic OH excluding ortho intramolecular Hbond substituents is 1. The topological polar surface area (TPSA) is 86.6 Å². The minimum absolute atomic E-state index is 0.0806. The van der Waals surface area contributed by atoms with Gasteiger partial charge in [-0.25, -0.2) is 10.4 Å². The van der Waals surface area contributed by atoms with Crippen LogP contribution in [-0.4, -0.2) is 22.2 Å². The van der Waals surface area contributed by atoms with Crippen molar-refractivity contribution in [1.82, 2.24) is 10.4 Å². The van der Waals surface area contributed by atoms with E-state index < -0.39 is 5.91 Å². The zero-order chi connectivity index (χ0) is 18.8. The lowest BCUT2D eigenvalue weighted by Crippen LogP contribution is -2.17. The van der Waals surface area contributed by atoms with Crippen molar-refractivity contribution in [1.29, 1.82) is 0 Å². The number of benzene rings is 2. The van der Waals surface area contributed by atoms with Crippen LogP contribution >= 0.6 is 22.9 Å². The van der Waals surface area contributed by atoms with Gasteiger partial charge in [0.15, 0.2) is 5.13 Å². The Morgan fingerprint density at radius 3 is 2.85 bits per heavy atom. The van der Waals surface area contributed by atoms with Crippen molar-refractivity contribution < 1.29 is 9.90 Å². The van der Waals surface area contributed by atoms with E-state index in [1.165, 1.54) is 11.3 Å². The number of hydrogen-bond acceptors (Lipinski definition) is 6. The van der Waals surface area contributed by atoms with Gasteiger partial charge in [-0.3, -0.25) is 4.79 Å². The summed E-state index contributed by atoms with van der Waals surface area (Å²) >= 11 is 7.38. The fourth-order valence-electron chi connectivity index (χ4n) is 2.57. The number of aromatic hydroxyl groups is 1. The van der Waals surface area contributed by atoms with Gasteiger partial charge in [-0.05, 0) is 30.3 Å². The number of carbonyl (C=O) groups is 1. The fraction of sp³-hybridized carbons (Fsp3) is 0. The van der Waals surface area contributed by atoms with Gasteiger partial charge in [-0.2, -0.15) is 5.10 Å². The van der Waals surface area contributed by atoms with Crippen LogP contribution in [0.3, 0.4) is 0 Å². The number of carbonyl (C=O) groups excluding carboxylic acids is 1. The third-order valence-corrected chi connectivity index (χ3v) is 4.95. The molecule has 4 rings (SSSR count). The Kier molecular flexibility index (Phi) is 4.62. The van der Waals surface area contributed by atoms with Crippen LogP contribution in [-0.2, 0) is 4.79 Å². The Labute approximate surface area is 163 Å². The van der Waals surface area contributed by atoms with Gasteiger partial charge >= 0.3 is 0 Å². The molecule has 0 saturated carbocycles. The standard InChI is InChI=1S/C19H13ClN4O2S/c20-12-5-3-6-13(9-12)22-19-23-17-14(8-11-4-1-2-7-15(11)25)18(26)24-21-10-16(17)27-19/h1-10,25H,(H,22,23)(H,24,26)/b14-8+. The largest absolute Gasteiger partial charge is 0.507 e. The third kappa shape index (κ3) is 3.69. The van der Waals surface area contributed by atoms with E-state index in [4.69, 9.17) is 11.6 Å². The maximum atomic E-state index is 12.5. The van der Waals surface area contributed by atoms with E-state index in [2.05, 4.69) is 20.8 Å². The Hall–Kier alpha value is -3.16. The molecule has 2 heterocycles. The smallest absolute Gasteiger partial charge is 0.273 e. The summed E-state index contributed by atoms with van der Waals surface area (Å²) in [6.07, 6.45) is 3.15. The molecule has 0 bridgehead atoms. The van der Waals surface area contributed by atoms with Crippen LogP contribution in [0.5, 0.6) is 5.75 Å². The number of rotatable bonds is 3. The average molecular weight is 397 g/mol. The number of nitrogens with one attached hydrogen (secondary N) is 2. The first-order valence-corrected chi connectivity index (χ1v) is 9.16. The predicted octanol–water partition coefficient (Wildman–Crippen LogP) is 4.25. The van der Waals surface area contributed by atoms with E-state index >= 15 is 0 Å². The van der Waals surface area contributed by atoms with E-state index in [0.29, 0.717) is 27.0 Å². The molecule has 0 unspecified atom stereocenters. The molecule has 1 aromatic heterocycles. The van der Waals surface area contributed by atoms with Gasteiger partial charge in [-0.15, -0.1) is 0 Å². The number of halogens is 1. The lowest BCUT2D eigenvalue weighted by atomic mass is 10.1. The number of aromatic nitrogens is 1. The number of hydrazone groups is 1. The third-order valence-electron chi connectivity index (χ3n) is 3.81. The van der Waals surface area contributed by atoms with Crippen molar-refractivity contribution >= 4 is 57.5 Å². The number of anilines is 2. The summed E-state index contributed by atoms with van der Waals surface area (Å²) < 4.78 is 0. The molecule has 0 aliphatic carbocycles. The normalized spacial score (nSPS) is 14.6. The molecule has 0 radical (unpaired) electrons. The molecular formula is C19H13ClN4O2S. The van der Waals surface area contributed by atoms with Crippen LogP contribution < -0.4 is 10.7 Å². The minimum atomic E-state index is -0.396. The molecule has 1 aliphatic rings. The summed E-state index contributed by atoms with van der Waals surface area (Å²) in [5.74, 6) is -0.315. The number of phenols is 1. The highest BCUT2D eigenvalue weighted by atomic mass is 35.5. The van der Waals surface area contributed by atoms with Gasteiger partial charge in [0.1, 0.15) is 5.75 Å². The lowest BCUT2D eigenvalue weighted by molar-refractivity contribution is -0.115. The molecule has 0 atom stereocenters. The molecule has 3 aromatic rings. The molecule has 0 spiro atoms. The monoisotopic (exact) mass is 396 g/mol. The van der Waals surface area contributed by atoms with Gasteiger partial charge in [-0.1, -0.05) is 47.2 Å². The van der Waals surface area contributed by atoms with Crippen LogP contribution in [0.2, 0.25) is 5.02 Å².